The molecule has 0 aliphatic rings. The minimum Gasteiger partial charge on any atom is -0.376 e. The Kier molecular flexibility index (Phi) is 4.20. The van der Waals surface area contributed by atoms with Crippen LogP contribution in [0.2, 0.25) is 0 Å². The van der Waals surface area contributed by atoms with Crippen molar-refractivity contribution in [2.24, 2.45) is 0 Å². The topological polar surface area (TPSA) is 20.0 Å². The maximum absolute atomic E-state index is 4.54. The standard InChI is InChI=1S/C14H18N3S/c1-4-18-14-10-13(16(2)3)11-15-17(14)12-8-6-5-7-9-12/h5-11H,4H2,1-3H3/q+1. The lowest BCUT2D eigenvalue weighted by atomic mass is 10.3. The minimum atomic E-state index is 1.03. The average molecular weight is 260 g/mol. The molecule has 0 radical (unpaired) electrons. The molecule has 3 nitrogen and oxygen atoms in total. The van der Waals surface area contributed by atoms with E-state index < -0.39 is 0 Å². The molecule has 0 unspecified atom stereocenters. The number of thioether (sulfide) groups is 1. The summed E-state index contributed by atoms with van der Waals surface area (Å²) >= 11 is 1.80. The quantitative estimate of drug-likeness (QED) is 0.622. The van der Waals surface area contributed by atoms with Crippen molar-refractivity contribution < 1.29 is 4.68 Å². The van der Waals surface area contributed by atoms with Gasteiger partial charge in [0.15, 0.2) is 0 Å². The van der Waals surface area contributed by atoms with Crippen LogP contribution in [0.25, 0.3) is 5.69 Å². The summed E-state index contributed by atoms with van der Waals surface area (Å²) in [6.07, 6.45) is 1.90. The normalized spacial score (nSPS) is 10.4. The zero-order valence-corrected chi connectivity index (χ0v) is 11.8. The molecule has 94 valence electrons. The molecule has 0 aliphatic carbocycles. The van der Waals surface area contributed by atoms with Crippen molar-refractivity contribution in [1.29, 1.82) is 0 Å². The number of nitrogens with zero attached hydrogens (tertiary/aromatic N) is 3. The van der Waals surface area contributed by atoms with Crippen LogP contribution in [0.15, 0.2) is 47.6 Å². The van der Waals surface area contributed by atoms with E-state index in [1.54, 1.807) is 11.8 Å². The molecule has 0 fully saturated rings. The van der Waals surface area contributed by atoms with Crippen LogP contribution < -0.4 is 9.58 Å². The zero-order chi connectivity index (χ0) is 13.0. The van der Waals surface area contributed by atoms with E-state index in [1.165, 1.54) is 0 Å². The summed E-state index contributed by atoms with van der Waals surface area (Å²) in [5.41, 5.74) is 2.22. The summed E-state index contributed by atoms with van der Waals surface area (Å²) in [6.45, 7) is 2.16. The Balaban J connectivity index is 2.47. The third-order valence-electron chi connectivity index (χ3n) is 2.59. The van der Waals surface area contributed by atoms with E-state index >= 15 is 0 Å². The van der Waals surface area contributed by atoms with Gasteiger partial charge in [0.2, 0.25) is 5.69 Å². The van der Waals surface area contributed by atoms with Crippen LogP contribution in [0, 0.1) is 0 Å². The van der Waals surface area contributed by atoms with Crippen LogP contribution in [-0.2, 0) is 0 Å². The molecule has 0 N–H and O–H groups in total. The number of hydrogen-bond acceptors (Lipinski definition) is 3. The number of para-hydroxylation sites is 1. The molecule has 0 spiro atoms. The number of hydrogen-bond donors (Lipinski definition) is 0. The molecule has 1 heterocycles. The lowest BCUT2D eigenvalue weighted by Crippen LogP contribution is -2.38. The van der Waals surface area contributed by atoms with Crippen molar-refractivity contribution in [3.05, 3.63) is 42.6 Å². The highest BCUT2D eigenvalue weighted by Crippen LogP contribution is 2.19. The predicted octanol–water partition coefficient (Wildman–Crippen LogP) is 2.54. The van der Waals surface area contributed by atoms with Crippen molar-refractivity contribution in [1.82, 2.24) is 5.10 Å². The second-order valence-electron chi connectivity index (χ2n) is 4.13. The third kappa shape index (κ3) is 2.82. The molecule has 2 rings (SSSR count). The Morgan fingerprint density at radius 3 is 2.56 bits per heavy atom. The van der Waals surface area contributed by atoms with Crippen molar-refractivity contribution in [3.63, 3.8) is 0 Å². The summed E-state index contributed by atoms with van der Waals surface area (Å²) in [5, 5.41) is 5.70. The van der Waals surface area contributed by atoms with Crippen molar-refractivity contribution in [3.8, 4) is 5.69 Å². The van der Waals surface area contributed by atoms with Crippen LogP contribution in [0.5, 0.6) is 0 Å². The Labute approximate surface area is 112 Å². The van der Waals surface area contributed by atoms with Crippen LogP contribution in [0.3, 0.4) is 0 Å². The first kappa shape index (κ1) is 12.9. The van der Waals surface area contributed by atoms with Crippen LogP contribution >= 0.6 is 11.8 Å². The molecule has 0 saturated heterocycles. The van der Waals surface area contributed by atoms with E-state index in [0.717, 1.165) is 22.2 Å². The molecule has 0 atom stereocenters. The van der Waals surface area contributed by atoms with Gasteiger partial charge in [-0.15, -0.1) is 0 Å². The molecule has 1 aromatic heterocycles. The summed E-state index contributed by atoms with van der Waals surface area (Å²) in [4.78, 5) is 2.07. The van der Waals surface area contributed by atoms with Gasteiger partial charge < -0.3 is 4.90 Å². The molecule has 0 bridgehead atoms. The molecule has 0 aliphatic heterocycles. The third-order valence-corrected chi connectivity index (χ3v) is 3.47. The Morgan fingerprint density at radius 1 is 1.22 bits per heavy atom. The fourth-order valence-electron chi connectivity index (χ4n) is 1.66. The largest absolute Gasteiger partial charge is 0.376 e. The first-order valence-corrected chi connectivity index (χ1v) is 6.99. The van der Waals surface area contributed by atoms with Gasteiger partial charge in [-0.25, -0.2) is 0 Å². The van der Waals surface area contributed by atoms with E-state index in [4.69, 9.17) is 0 Å². The summed E-state index contributed by atoms with van der Waals surface area (Å²) in [5.74, 6) is 1.03. The van der Waals surface area contributed by atoms with Gasteiger partial charge in [0.05, 0.1) is 5.69 Å². The second-order valence-corrected chi connectivity index (χ2v) is 5.41. The maximum Gasteiger partial charge on any atom is 0.275 e. The van der Waals surface area contributed by atoms with Gasteiger partial charge in [-0.2, -0.15) is 0 Å². The van der Waals surface area contributed by atoms with Gasteiger partial charge in [-0.05, 0) is 4.68 Å². The Morgan fingerprint density at radius 2 is 1.94 bits per heavy atom. The van der Waals surface area contributed by atoms with E-state index in [9.17, 15) is 0 Å². The van der Waals surface area contributed by atoms with Crippen LogP contribution in [-0.4, -0.2) is 24.9 Å². The first-order valence-electron chi connectivity index (χ1n) is 6.00. The lowest BCUT2D eigenvalue weighted by Gasteiger charge is -2.11. The summed E-state index contributed by atoms with van der Waals surface area (Å²) in [6, 6.07) is 12.4. The number of anilines is 1. The maximum atomic E-state index is 4.54. The fourth-order valence-corrected chi connectivity index (χ4v) is 2.43. The van der Waals surface area contributed by atoms with E-state index in [-0.39, 0.29) is 0 Å². The molecule has 4 heteroatoms. The highest BCUT2D eigenvalue weighted by atomic mass is 32.2. The van der Waals surface area contributed by atoms with Gasteiger partial charge in [0.25, 0.3) is 5.03 Å². The Bertz CT molecular complexity index is 512. The van der Waals surface area contributed by atoms with Gasteiger partial charge >= 0.3 is 0 Å². The number of aromatic nitrogens is 2. The monoisotopic (exact) mass is 260 g/mol. The molecule has 18 heavy (non-hydrogen) atoms. The molecular weight excluding hydrogens is 242 g/mol. The van der Waals surface area contributed by atoms with E-state index in [1.807, 2.05) is 43.2 Å². The average Bonchev–Trinajstić information content (AvgIpc) is 2.40. The summed E-state index contributed by atoms with van der Waals surface area (Å²) < 4.78 is 1.99. The minimum absolute atomic E-state index is 1.03. The van der Waals surface area contributed by atoms with E-state index in [0.29, 0.717) is 0 Å². The number of benzene rings is 1. The summed E-state index contributed by atoms with van der Waals surface area (Å²) in [7, 11) is 4.06. The second kappa shape index (κ2) is 5.87. The highest BCUT2D eigenvalue weighted by Gasteiger charge is 2.17. The van der Waals surface area contributed by atoms with Gasteiger partial charge in [-0.1, -0.05) is 36.9 Å². The van der Waals surface area contributed by atoms with Gasteiger partial charge in [-0.3, -0.25) is 0 Å². The van der Waals surface area contributed by atoms with Gasteiger partial charge in [0, 0.05) is 43.1 Å². The Hall–Kier alpha value is -1.55. The van der Waals surface area contributed by atoms with Crippen molar-refractivity contribution >= 4 is 17.4 Å². The smallest absolute Gasteiger partial charge is 0.275 e. The van der Waals surface area contributed by atoms with Gasteiger partial charge in [0.1, 0.15) is 6.20 Å². The van der Waals surface area contributed by atoms with Crippen LogP contribution in [0.1, 0.15) is 6.92 Å². The molecule has 2 aromatic rings. The van der Waals surface area contributed by atoms with Crippen molar-refractivity contribution in [2.45, 2.75) is 11.9 Å². The van der Waals surface area contributed by atoms with E-state index in [2.05, 4.69) is 35.1 Å². The van der Waals surface area contributed by atoms with Crippen molar-refractivity contribution in [2.75, 3.05) is 24.7 Å². The fraction of sp³-hybridized carbons (Fsp3) is 0.286. The molecule has 0 amide bonds. The first-order chi connectivity index (χ1) is 8.72. The van der Waals surface area contributed by atoms with Crippen LogP contribution in [0.4, 0.5) is 5.69 Å². The zero-order valence-electron chi connectivity index (χ0n) is 11.0. The molecule has 1 aromatic carbocycles. The SMILES string of the molecule is CCSc1cc(N(C)C)cn[n+]1-c1ccccc1. The highest BCUT2D eigenvalue weighted by molar-refractivity contribution is 7.99. The molecular formula is C14H18N3S+. The number of rotatable bonds is 4. The lowest BCUT2D eigenvalue weighted by molar-refractivity contribution is -0.697. The molecule has 0 saturated carbocycles. The predicted molar refractivity (Wildman–Crippen MR) is 76.5 cm³/mol.